The molecule has 0 aliphatic rings. The van der Waals surface area contributed by atoms with Crippen molar-refractivity contribution in [1.29, 1.82) is 0 Å². The minimum absolute atomic E-state index is 0.0497. The van der Waals surface area contributed by atoms with Gasteiger partial charge in [0.1, 0.15) is 6.61 Å². The van der Waals surface area contributed by atoms with Gasteiger partial charge in [0, 0.05) is 18.6 Å². The molecular formula is C13H21NO5. The molecule has 108 valence electrons. The summed E-state index contributed by atoms with van der Waals surface area (Å²) in [5.74, 6) is -1.36. The smallest absolute Gasteiger partial charge is 0.331 e. The molecule has 0 aromatic heterocycles. The predicted molar refractivity (Wildman–Crippen MR) is 69.2 cm³/mol. The number of ether oxygens (including phenoxy) is 2. The molecule has 0 aliphatic heterocycles. The van der Waals surface area contributed by atoms with Crippen LogP contribution in [0.4, 0.5) is 0 Å². The third-order valence-electron chi connectivity index (χ3n) is 1.91. The predicted octanol–water partition coefficient (Wildman–Crippen LogP) is 0.952. The van der Waals surface area contributed by atoms with Gasteiger partial charge in [0.2, 0.25) is 5.91 Å². The van der Waals surface area contributed by atoms with Crippen molar-refractivity contribution in [2.75, 3.05) is 6.61 Å². The highest BCUT2D eigenvalue weighted by molar-refractivity contribution is 5.91. The summed E-state index contributed by atoms with van der Waals surface area (Å²) in [6.45, 7) is 6.92. The molecule has 1 atom stereocenters. The average Bonchev–Trinajstić information content (AvgIpc) is 2.32. The maximum Gasteiger partial charge on any atom is 0.331 e. The van der Waals surface area contributed by atoms with Gasteiger partial charge in [-0.15, -0.1) is 0 Å². The number of amides is 1. The highest BCUT2D eigenvalue weighted by atomic mass is 16.5. The largest absolute Gasteiger partial charge is 0.460 e. The van der Waals surface area contributed by atoms with Crippen LogP contribution < -0.4 is 5.32 Å². The summed E-state index contributed by atoms with van der Waals surface area (Å²) in [6.07, 6.45) is 2.15. The summed E-state index contributed by atoms with van der Waals surface area (Å²) in [4.78, 5) is 33.4. The van der Waals surface area contributed by atoms with E-state index in [1.165, 1.54) is 0 Å². The number of carbonyl (C=O) groups excluding carboxylic acids is 3. The van der Waals surface area contributed by atoms with E-state index in [1.807, 2.05) is 0 Å². The van der Waals surface area contributed by atoms with Gasteiger partial charge < -0.3 is 14.8 Å². The molecule has 0 fully saturated rings. The Bertz CT molecular complexity index is 349. The van der Waals surface area contributed by atoms with Crippen molar-refractivity contribution >= 4 is 17.8 Å². The van der Waals surface area contributed by atoms with Crippen LogP contribution >= 0.6 is 0 Å². The van der Waals surface area contributed by atoms with Gasteiger partial charge in [-0.3, -0.25) is 4.79 Å². The van der Waals surface area contributed by atoms with Crippen molar-refractivity contribution in [2.45, 2.75) is 46.3 Å². The van der Waals surface area contributed by atoms with E-state index in [2.05, 4.69) is 5.32 Å². The van der Waals surface area contributed by atoms with Gasteiger partial charge in [-0.25, -0.2) is 9.59 Å². The average molecular weight is 271 g/mol. The first-order valence-corrected chi connectivity index (χ1v) is 6.20. The number of hydrogen-bond acceptors (Lipinski definition) is 5. The minimum Gasteiger partial charge on any atom is -0.460 e. The summed E-state index contributed by atoms with van der Waals surface area (Å²) in [6, 6.07) is -0.271. The van der Waals surface area contributed by atoms with Gasteiger partial charge in [-0.05, 0) is 20.8 Å². The summed E-state index contributed by atoms with van der Waals surface area (Å²) >= 11 is 0. The lowest BCUT2D eigenvalue weighted by Gasteiger charge is -2.12. The molecule has 6 heteroatoms. The molecule has 0 saturated carbocycles. The topological polar surface area (TPSA) is 81.7 Å². The van der Waals surface area contributed by atoms with Gasteiger partial charge in [-0.1, -0.05) is 6.92 Å². The molecule has 0 heterocycles. The monoisotopic (exact) mass is 271 g/mol. The zero-order valence-electron chi connectivity index (χ0n) is 11.8. The molecular weight excluding hydrogens is 250 g/mol. The Hall–Kier alpha value is -1.85. The SMILES string of the molecule is CCC(=O)N[C@H](C)COC(=O)/C=C/C(=O)OC(C)C. The number of carbonyl (C=O) groups is 3. The second kappa shape index (κ2) is 9.13. The molecule has 0 aromatic carbocycles. The van der Waals surface area contributed by atoms with E-state index in [9.17, 15) is 14.4 Å². The van der Waals surface area contributed by atoms with E-state index in [-0.39, 0.29) is 24.7 Å². The summed E-state index contributed by atoms with van der Waals surface area (Å²) in [5, 5.41) is 2.64. The molecule has 0 radical (unpaired) electrons. The summed E-state index contributed by atoms with van der Waals surface area (Å²) < 4.78 is 9.66. The van der Waals surface area contributed by atoms with Crippen LogP contribution in [0.25, 0.3) is 0 Å². The van der Waals surface area contributed by atoms with E-state index < -0.39 is 11.9 Å². The molecule has 0 unspecified atom stereocenters. The van der Waals surface area contributed by atoms with E-state index in [4.69, 9.17) is 9.47 Å². The molecule has 0 saturated heterocycles. The van der Waals surface area contributed by atoms with Crippen molar-refractivity contribution in [1.82, 2.24) is 5.32 Å². The molecule has 6 nitrogen and oxygen atoms in total. The molecule has 0 spiro atoms. The van der Waals surface area contributed by atoms with Crippen molar-refractivity contribution in [3.8, 4) is 0 Å². The number of esters is 2. The van der Waals surface area contributed by atoms with Crippen LogP contribution in [-0.4, -0.2) is 36.6 Å². The number of hydrogen-bond donors (Lipinski definition) is 1. The second-order valence-electron chi connectivity index (χ2n) is 4.27. The van der Waals surface area contributed by atoms with Gasteiger partial charge in [0.15, 0.2) is 0 Å². The highest BCUT2D eigenvalue weighted by Gasteiger charge is 2.08. The Balaban J connectivity index is 3.95. The fourth-order valence-corrected chi connectivity index (χ4v) is 1.08. The molecule has 0 aromatic rings. The van der Waals surface area contributed by atoms with Gasteiger partial charge >= 0.3 is 11.9 Å². The van der Waals surface area contributed by atoms with Crippen LogP contribution in [0.1, 0.15) is 34.1 Å². The Morgan fingerprint density at radius 1 is 1.11 bits per heavy atom. The number of nitrogens with one attached hydrogen (secondary N) is 1. The van der Waals surface area contributed by atoms with Crippen LogP contribution in [0.2, 0.25) is 0 Å². The summed E-state index contributed by atoms with van der Waals surface area (Å²) in [7, 11) is 0. The Morgan fingerprint density at radius 3 is 2.21 bits per heavy atom. The number of rotatable bonds is 7. The third kappa shape index (κ3) is 9.82. The zero-order chi connectivity index (χ0) is 14.8. The quantitative estimate of drug-likeness (QED) is 0.550. The van der Waals surface area contributed by atoms with Crippen LogP contribution in [0, 0.1) is 0 Å². The van der Waals surface area contributed by atoms with E-state index in [0.29, 0.717) is 6.42 Å². The normalized spacial score (nSPS) is 12.3. The first-order chi connectivity index (χ1) is 8.85. The first-order valence-electron chi connectivity index (χ1n) is 6.20. The van der Waals surface area contributed by atoms with E-state index in [0.717, 1.165) is 12.2 Å². The van der Waals surface area contributed by atoms with Gasteiger partial charge in [-0.2, -0.15) is 0 Å². The van der Waals surface area contributed by atoms with Crippen LogP contribution in [0.15, 0.2) is 12.2 Å². The van der Waals surface area contributed by atoms with Gasteiger partial charge in [0.05, 0.1) is 12.1 Å². The van der Waals surface area contributed by atoms with Crippen molar-refractivity contribution in [3.63, 3.8) is 0 Å². The molecule has 1 N–H and O–H groups in total. The maximum absolute atomic E-state index is 11.3. The third-order valence-corrected chi connectivity index (χ3v) is 1.91. The van der Waals surface area contributed by atoms with E-state index >= 15 is 0 Å². The summed E-state index contributed by atoms with van der Waals surface area (Å²) in [5.41, 5.74) is 0. The molecule has 1 amide bonds. The fraction of sp³-hybridized carbons (Fsp3) is 0.615. The first kappa shape index (κ1) is 17.2. The minimum atomic E-state index is -0.654. The van der Waals surface area contributed by atoms with Crippen LogP contribution in [0.5, 0.6) is 0 Å². The molecule has 0 rings (SSSR count). The lowest BCUT2D eigenvalue weighted by molar-refractivity contribution is -0.143. The van der Waals surface area contributed by atoms with Crippen LogP contribution in [-0.2, 0) is 23.9 Å². The standard InChI is InChI=1S/C13H21NO5/c1-5-11(15)14-10(4)8-18-12(16)6-7-13(17)19-9(2)3/h6-7,9-10H,5,8H2,1-4H3,(H,14,15)/b7-6+/t10-/m1/s1. The fourth-order valence-electron chi connectivity index (χ4n) is 1.08. The molecule has 0 bridgehead atoms. The zero-order valence-corrected chi connectivity index (χ0v) is 11.8. The molecule has 0 aliphatic carbocycles. The Labute approximate surface area is 113 Å². The van der Waals surface area contributed by atoms with Crippen molar-refractivity contribution < 1.29 is 23.9 Å². The van der Waals surface area contributed by atoms with E-state index in [1.54, 1.807) is 27.7 Å². The Morgan fingerprint density at radius 2 is 1.68 bits per heavy atom. The van der Waals surface area contributed by atoms with Crippen molar-refractivity contribution in [3.05, 3.63) is 12.2 Å². The Kier molecular flexibility index (Phi) is 8.24. The second-order valence-corrected chi connectivity index (χ2v) is 4.27. The van der Waals surface area contributed by atoms with Crippen molar-refractivity contribution in [2.24, 2.45) is 0 Å². The maximum atomic E-state index is 11.3. The highest BCUT2D eigenvalue weighted by Crippen LogP contribution is 1.92. The lowest BCUT2D eigenvalue weighted by Crippen LogP contribution is -2.35. The van der Waals surface area contributed by atoms with Gasteiger partial charge in [0.25, 0.3) is 0 Å². The molecule has 19 heavy (non-hydrogen) atoms. The lowest BCUT2D eigenvalue weighted by atomic mass is 10.3. The van der Waals surface area contributed by atoms with Crippen LogP contribution in [0.3, 0.4) is 0 Å².